The van der Waals surface area contributed by atoms with Crippen molar-refractivity contribution in [1.29, 1.82) is 0 Å². The van der Waals surface area contributed by atoms with E-state index >= 15 is 0 Å². The second-order valence-corrected chi connectivity index (χ2v) is 9.83. The van der Waals surface area contributed by atoms with Gasteiger partial charge in [0.1, 0.15) is 16.9 Å². The molecule has 4 rings (SSSR count). The molecule has 1 aliphatic heterocycles. The van der Waals surface area contributed by atoms with Gasteiger partial charge >= 0.3 is 11.7 Å². The third-order valence-corrected chi connectivity index (χ3v) is 6.84. The SMILES string of the molecule is CCOC(=O)c1ccc(NC(=O)C[C@@H]2SC(=N[C@H](c3ccc(Cl)cc3)c3c(O)[nH]c(=O)[nH]c3=O)NC2=O)cc1. The first kappa shape index (κ1) is 27.7. The minimum absolute atomic E-state index is 0.113. The number of nitrogens with zero attached hydrogens (tertiary/aromatic N) is 1. The van der Waals surface area contributed by atoms with E-state index in [1.54, 1.807) is 43.3 Å². The van der Waals surface area contributed by atoms with Crippen LogP contribution in [-0.2, 0) is 14.3 Å². The van der Waals surface area contributed by atoms with E-state index in [4.69, 9.17) is 16.3 Å². The second kappa shape index (κ2) is 12.0. The Morgan fingerprint density at radius 1 is 1.10 bits per heavy atom. The first-order valence-corrected chi connectivity index (χ1v) is 12.8. The monoisotopic (exact) mass is 571 g/mol. The fourth-order valence-electron chi connectivity index (χ4n) is 3.69. The summed E-state index contributed by atoms with van der Waals surface area (Å²) in [6.45, 7) is 1.94. The number of rotatable bonds is 8. The average molecular weight is 572 g/mol. The van der Waals surface area contributed by atoms with Gasteiger partial charge in [-0.2, -0.15) is 0 Å². The summed E-state index contributed by atoms with van der Waals surface area (Å²) in [6, 6.07) is 11.3. The highest BCUT2D eigenvalue weighted by molar-refractivity contribution is 8.15. The molecule has 2 atom stereocenters. The smallest absolute Gasteiger partial charge is 0.338 e. The Balaban J connectivity index is 1.51. The number of aliphatic imine (C=N–C) groups is 1. The topological polar surface area (TPSA) is 183 Å². The number of amidine groups is 1. The largest absolute Gasteiger partial charge is 0.494 e. The molecular weight excluding hydrogens is 550 g/mol. The molecule has 0 radical (unpaired) electrons. The predicted molar refractivity (Wildman–Crippen MR) is 145 cm³/mol. The number of ether oxygens (including phenoxy) is 1. The van der Waals surface area contributed by atoms with Gasteiger partial charge in [0.05, 0.1) is 12.2 Å². The van der Waals surface area contributed by atoms with Crippen molar-refractivity contribution in [3.05, 3.63) is 91.1 Å². The lowest BCUT2D eigenvalue weighted by atomic mass is 10.0. The number of esters is 1. The number of amides is 2. The fourth-order valence-corrected chi connectivity index (χ4v) is 4.81. The van der Waals surface area contributed by atoms with Crippen LogP contribution in [0, 0.1) is 0 Å². The van der Waals surface area contributed by atoms with E-state index in [0.717, 1.165) is 11.8 Å². The van der Waals surface area contributed by atoms with Gasteiger partial charge < -0.3 is 20.5 Å². The first-order chi connectivity index (χ1) is 18.6. The van der Waals surface area contributed by atoms with Crippen LogP contribution in [0.25, 0.3) is 0 Å². The number of hydrogen-bond acceptors (Lipinski definition) is 9. The van der Waals surface area contributed by atoms with E-state index in [9.17, 15) is 29.1 Å². The molecule has 5 N–H and O–H groups in total. The van der Waals surface area contributed by atoms with Crippen molar-refractivity contribution in [3.8, 4) is 5.88 Å². The summed E-state index contributed by atoms with van der Waals surface area (Å²) in [5.41, 5.74) is -0.785. The van der Waals surface area contributed by atoms with Crippen LogP contribution >= 0.6 is 23.4 Å². The van der Waals surface area contributed by atoms with Crippen molar-refractivity contribution in [2.24, 2.45) is 4.99 Å². The zero-order chi connectivity index (χ0) is 28.1. The van der Waals surface area contributed by atoms with Gasteiger partial charge in [0.25, 0.3) is 5.56 Å². The van der Waals surface area contributed by atoms with E-state index < -0.39 is 46.2 Å². The number of hydrogen-bond donors (Lipinski definition) is 5. The van der Waals surface area contributed by atoms with Gasteiger partial charge in [-0.25, -0.2) is 14.6 Å². The second-order valence-electron chi connectivity index (χ2n) is 8.20. The molecule has 0 aliphatic carbocycles. The normalized spacial score (nSPS) is 16.5. The van der Waals surface area contributed by atoms with Crippen LogP contribution in [0.15, 0.2) is 63.1 Å². The number of aromatic amines is 2. The molecule has 0 unspecified atom stereocenters. The zero-order valence-electron chi connectivity index (χ0n) is 20.3. The Morgan fingerprint density at radius 2 is 1.79 bits per heavy atom. The van der Waals surface area contributed by atoms with Crippen molar-refractivity contribution in [2.45, 2.75) is 24.6 Å². The van der Waals surface area contributed by atoms with E-state index in [-0.39, 0.29) is 23.8 Å². The van der Waals surface area contributed by atoms with Gasteiger partial charge in [-0.1, -0.05) is 35.5 Å². The zero-order valence-corrected chi connectivity index (χ0v) is 21.9. The Morgan fingerprint density at radius 3 is 2.44 bits per heavy atom. The molecule has 3 aromatic rings. The molecule has 1 saturated heterocycles. The summed E-state index contributed by atoms with van der Waals surface area (Å²) in [7, 11) is 0. The lowest BCUT2D eigenvalue weighted by molar-refractivity contribution is -0.122. The van der Waals surface area contributed by atoms with Gasteiger partial charge in [-0.05, 0) is 48.9 Å². The van der Waals surface area contributed by atoms with Gasteiger partial charge in [-0.3, -0.25) is 24.4 Å². The number of thioether (sulfide) groups is 1. The number of aromatic hydroxyl groups is 1. The minimum atomic E-state index is -1.11. The van der Waals surface area contributed by atoms with Crippen molar-refractivity contribution >= 4 is 52.0 Å². The number of carbonyl (C=O) groups excluding carboxylic acids is 3. The van der Waals surface area contributed by atoms with Crippen LogP contribution < -0.4 is 21.9 Å². The molecule has 2 heterocycles. The molecule has 0 spiro atoms. The summed E-state index contributed by atoms with van der Waals surface area (Å²) in [4.78, 5) is 69.7. The number of carbonyl (C=O) groups is 3. The van der Waals surface area contributed by atoms with Crippen molar-refractivity contribution in [3.63, 3.8) is 0 Å². The van der Waals surface area contributed by atoms with Gasteiger partial charge in [0.15, 0.2) is 5.17 Å². The maximum atomic E-state index is 12.6. The molecule has 1 aromatic heterocycles. The Hall–Kier alpha value is -4.36. The summed E-state index contributed by atoms with van der Waals surface area (Å²) < 4.78 is 4.93. The highest BCUT2D eigenvalue weighted by Gasteiger charge is 2.34. The maximum absolute atomic E-state index is 12.6. The summed E-state index contributed by atoms with van der Waals surface area (Å²) in [5, 5.41) is 15.3. The Labute approximate surface area is 229 Å². The van der Waals surface area contributed by atoms with E-state index in [1.807, 2.05) is 0 Å². The molecule has 1 aliphatic rings. The summed E-state index contributed by atoms with van der Waals surface area (Å²) in [5.74, 6) is -2.07. The fraction of sp³-hybridized carbons (Fsp3) is 0.200. The van der Waals surface area contributed by atoms with Crippen LogP contribution in [0.5, 0.6) is 5.88 Å². The molecule has 2 amide bonds. The van der Waals surface area contributed by atoms with E-state index in [1.165, 1.54) is 12.1 Å². The lowest BCUT2D eigenvalue weighted by Gasteiger charge is -2.14. The van der Waals surface area contributed by atoms with Crippen LogP contribution in [-0.4, -0.2) is 49.9 Å². The first-order valence-electron chi connectivity index (χ1n) is 11.6. The molecule has 202 valence electrons. The van der Waals surface area contributed by atoms with E-state index in [2.05, 4.69) is 25.6 Å². The highest BCUT2D eigenvalue weighted by atomic mass is 35.5. The number of aromatic nitrogens is 2. The molecule has 2 aromatic carbocycles. The minimum Gasteiger partial charge on any atom is -0.494 e. The third kappa shape index (κ3) is 6.75. The van der Waals surface area contributed by atoms with Crippen LogP contribution in [0.3, 0.4) is 0 Å². The number of H-pyrrole nitrogens is 2. The van der Waals surface area contributed by atoms with Gasteiger partial charge in [0.2, 0.25) is 17.7 Å². The number of benzene rings is 2. The van der Waals surface area contributed by atoms with Crippen LogP contribution in [0.4, 0.5) is 5.69 Å². The van der Waals surface area contributed by atoms with Crippen molar-refractivity contribution in [2.75, 3.05) is 11.9 Å². The number of nitrogens with one attached hydrogen (secondary N) is 4. The predicted octanol–water partition coefficient (Wildman–Crippen LogP) is 2.30. The molecule has 39 heavy (non-hydrogen) atoms. The molecule has 1 fully saturated rings. The van der Waals surface area contributed by atoms with Crippen molar-refractivity contribution < 1.29 is 24.2 Å². The van der Waals surface area contributed by atoms with Crippen LogP contribution in [0.2, 0.25) is 5.02 Å². The molecule has 12 nitrogen and oxygen atoms in total. The molecule has 14 heteroatoms. The highest BCUT2D eigenvalue weighted by Crippen LogP contribution is 2.32. The average Bonchev–Trinajstić information content (AvgIpc) is 3.22. The third-order valence-electron chi connectivity index (χ3n) is 5.49. The maximum Gasteiger partial charge on any atom is 0.338 e. The van der Waals surface area contributed by atoms with E-state index in [0.29, 0.717) is 21.8 Å². The molecule has 0 saturated carbocycles. The van der Waals surface area contributed by atoms with Gasteiger partial charge in [0, 0.05) is 17.1 Å². The van der Waals surface area contributed by atoms with Gasteiger partial charge in [-0.15, -0.1) is 0 Å². The Bertz CT molecular complexity index is 1550. The quantitative estimate of drug-likeness (QED) is 0.255. The van der Waals surface area contributed by atoms with Crippen molar-refractivity contribution in [1.82, 2.24) is 15.3 Å². The Kier molecular flexibility index (Phi) is 8.52. The summed E-state index contributed by atoms with van der Waals surface area (Å²) in [6.07, 6.45) is -0.189. The van der Waals surface area contributed by atoms with Crippen LogP contribution in [0.1, 0.15) is 40.9 Å². The number of anilines is 1. The molecule has 0 bridgehead atoms. The number of halogens is 1. The summed E-state index contributed by atoms with van der Waals surface area (Å²) >= 11 is 6.96. The molecular formula is C25H22ClN5O7S. The lowest BCUT2D eigenvalue weighted by Crippen LogP contribution is -2.29. The standard InChI is InChI=1S/C25H22ClN5O7S/c1-2-38-23(36)13-5-9-15(10-6-13)27-17(32)11-16-20(33)31-25(39-16)28-19(12-3-7-14(26)8-4-12)18-21(34)29-24(37)30-22(18)35/h3-10,16,19H,2,11H2,1H3,(H,27,32)(H,28,31,33)(H3,29,30,34,35,37)/t16-,19+/m0/s1.